The van der Waals surface area contributed by atoms with Crippen LogP contribution in [-0.4, -0.2) is 9.97 Å². The molecular weight excluding hydrogens is 305 g/mol. The van der Waals surface area contributed by atoms with Crippen molar-refractivity contribution < 1.29 is 8.81 Å². The van der Waals surface area contributed by atoms with Crippen molar-refractivity contribution in [3.8, 4) is 17.7 Å². The van der Waals surface area contributed by atoms with Crippen LogP contribution in [0, 0.1) is 17.1 Å². The van der Waals surface area contributed by atoms with E-state index in [1.165, 1.54) is 12.1 Å². The maximum absolute atomic E-state index is 13.7. The van der Waals surface area contributed by atoms with Gasteiger partial charge in [-0.25, -0.2) is 9.37 Å². The number of nitrogens with zero attached hydrogens (tertiary/aromatic N) is 3. The van der Waals surface area contributed by atoms with E-state index in [0.29, 0.717) is 23.6 Å². The van der Waals surface area contributed by atoms with Crippen molar-refractivity contribution in [3.63, 3.8) is 0 Å². The van der Waals surface area contributed by atoms with Crippen LogP contribution in [0.3, 0.4) is 0 Å². The van der Waals surface area contributed by atoms with Gasteiger partial charge in [-0.2, -0.15) is 5.26 Å². The van der Waals surface area contributed by atoms with Crippen molar-refractivity contribution in [2.24, 2.45) is 0 Å². The average Bonchev–Trinajstić information content (AvgIpc) is 3.05. The third-order valence-corrected chi connectivity index (χ3v) is 4.34. The van der Waals surface area contributed by atoms with Gasteiger partial charge in [0.05, 0.1) is 17.3 Å². The van der Waals surface area contributed by atoms with Gasteiger partial charge in [0, 0.05) is 12.6 Å². The molecule has 0 spiro atoms. The number of benzene rings is 1. The van der Waals surface area contributed by atoms with Gasteiger partial charge in [-0.05, 0) is 54.7 Å². The Morgan fingerprint density at radius 2 is 2.17 bits per heavy atom. The second-order valence-electron chi connectivity index (χ2n) is 5.93. The van der Waals surface area contributed by atoms with Crippen molar-refractivity contribution >= 4 is 0 Å². The Bertz CT molecular complexity index is 928. The van der Waals surface area contributed by atoms with Crippen LogP contribution >= 0.6 is 0 Å². The standard InChI is InChI=1S/C19H14FN3O/c20-15-8-12(11-21)7-14(9-15)13-4-5-16-18(10-13)24-19(23-16)17-3-1-2-6-22-17/h1-3,6-9,13H,4-5,10H2. The highest BCUT2D eigenvalue weighted by molar-refractivity contribution is 5.47. The molecule has 0 amide bonds. The molecule has 5 heteroatoms. The Hall–Kier alpha value is -3.00. The number of aromatic nitrogens is 2. The fourth-order valence-electron chi connectivity index (χ4n) is 3.17. The van der Waals surface area contributed by atoms with Gasteiger partial charge < -0.3 is 4.42 Å². The quantitative estimate of drug-likeness (QED) is 0.715. The first kappa shape index (κ1) is 14.6. The number of rotatable bonds is 2. The van der Waals surface area contributed by atoms with Gasteiger partial charge in [0.1, 0.15) is 17.3 Å². The summed E-state index contributed by atoms with van der Waals surface area (Å²) >= 11 is 0. The van der Waals surface area contributed by atoms with Crippen LogP contribution in [0.5, 0.6) is 0 Å². The summed E-state index contributed by atoms with van der Waals surface area (Å²) in [4.78, 5) is 8.81. The third kappa shape index (κ3) is 2.67. The highest BCUT2D eigenvalue weighted by Crippen LogP contribution is 2.35. The molecule has 0 bridgehead atoms. The lowest BCUT2D eigenvalue weighted by Gasteiger charge is -2.20. The zero-order valence-electron chi connectivity index (χ0n) is 12.9. The first-order chi connectivity index (χ1) is 11.7. The van der Waals surface area contributed by atoms with Gasteiger partial charge in [0.25, 0.3) is 0 Å². The fraction of sp³-hybridized carbons (Fsp3) is 0.211. The highest BCUT2D eigenvalue weighted by Gasteiger charge is 2.26. The molecule has 1 unspecified atom stereocenters. The Morgan fingerprint density at radius 3 is 2.96 bits per heavy atom. The zero-order valence-corrected chi connectivity index (χ0v) is 12.9. The molecule has 4 nitrogen and oxygen atoms in total. The minimum atomic E-state index is -0.374. The lowest BCUT2D eigenvalue weighted by atomic mass is 9.84. The number of aryl methyl sites for hydroxylation is 1. The Kier molecular flexibility index (Phi) is 3.58. The number of hydrogen-bond donors (Lipinski definition) is 0. The predicted octanol–water partition coefficient (Wildman–Crippen LogP) is 4.02. The largest absolute Gasteiger partial charge is 0.440 e. The number of fused-ring (bicyclic) bond motifs is 1. The maximum Gasteiger partial charge on any atom is 0.245 e. The van der Waals surface area contributed by atoms with Crippen molar-refractivity contribution in [2.45, 2.75) is 25.2 Å². The first-order valence-corrected chi connectivity index (χ1v) is 7.83. The summed E-state index contributed by atoms with van der Waals surface area (Å²) in [5, 5.41) is 9.02. The van der Waals surface area contributed by atoms with E-state index in [0.717, 1.165) is 29.9 Å². The van der Waals surface area contributed by atoms with E-state index < -0.39 is 0 Å². The molecule has 24 heavy (non-hydrogen) atoms. The summed E-state index contributed by atoms with van der Waals surface area (Å²) in [6, 6.07) is 12.1. The van der Waals surface area contributed by atoms with Crippen molar-refractivity contribution in [3.05, 3.63) is 71.0 Å². The highest BCUT2D eigenvalue weighted by atomic mass is 19.1. The van der Waals surface area contributed by atoms with E-state index in [4.69, 9.17) is 9.68 Å². The van der Waals surface area contributed by atoms with Crippen LogP contribution in [0.2, 0.25) is 0 Å². The molecule has 0 radical (unpaired) electrons. The van der Waals surface area contributed by atoms with Gasteiger partial charge in [0.15, 0.2) is 0 Å². The Labute approximate surface area is 138 Å². The normalized spacial score (nSPS) is 16.4. The number of nitriles is 1. The molecule has 0 fully saturated rings. The zero-order chi connectivity index (χ0) is 16.5. The summed E-state index contributed by atoms with van der Waals surface area (Å²) in [7, 11) is 0. The van der Waals surface area contributed by atoms with Gasteiger partial charge in [-0.3, -0.25) is 4.98 Å². The number of hydrogen-bond acceptors (Lipinski definition) is 4. The average molecular weight is 319 g/mol. The lowest BCUT2D eigenvalue weighted by Crippen LogP contribution is -2.12. The number of halogens is 1. The van der Waals surface area contributed by atoms with E-state index in [1.807, 2.05) is 24.3 Å². The van der Waals surface area contributed by atoms with Gasteiger partial charge in [-0.15, -0.1) is 0 Å². The van der Waals surface area contributed by atoms with Crippen LogP contribution in [-0.2, 0) is 12.8 Å². The van der Waals surface area contributed by atoms with Gasteiger partial charge >= 0.3 is 0 Å². The summed E-state index contributed by atoms with van der Waals surface area (Å²) in [6.07, 6.45) is 3.99. The fourth-order valence-corrected chi connectivity index (χ4v) is 3.17. The molecule has 3 aromatic rings. The minimum Gasteiger partial charge on any atom is -0.440 e. The summed E-state index contributed by atoms with van der Waals surface area (Å²) in [5.41, 5.74) is 2.85. The lowest BCUT2D eigenvalue weighted by molar-refractivity contribution is 0.456. The van der Waals surface area contributed by atoms with Gasteiger partial charge in [0.2, 0.25) is 5.89 Å². The molecule has 1 atom stereocenters. The molecule has 2 aromatic heterocycles. The van der Waals surface area contributed by atoms with Crippen molar-refractivity contribution in [1.29, 1.82) is 5.26 Å². The predicted molar refractivity (Wildman–Crippen MR) is 85.6 cm³/mol. The Balaban J connectivity index is 1.64. The van der Waals surface area contributed by atoms with Crippen LogP contribution in [0.15, 0.2) is 47.0 Å². The van der Waals surface area contributed by atoms with Gasteiger partial charge in [-0.1, -0.05) is 6.07 Å². The minimum absolute atomic E-state index is 0.129. The molecule has 4 rings (SSSR count). The van der Waals surface area contributed by atoms with Crippen molar-refractivity contribution in [1.82, 2.24) is 9.97 Å². The number of pyridine rings is 1. The number of oxazole rings is 1. The van der Waals surface area contributed by atoms with E-state index in [-0.39, 0.29) is 11.7 Å². The van der Waals surface area contributed by atoms with E-state index in [1.54, 1.807) is 12.3 Å². The molecule has 0 saturated heterocycles. The van der Waals surface area contributed by atoms with Crippen LogP contribution in [0.1, 0.15) is 34.9 Å². The van der Waals surface area contributed by atoms with E-state index >= 15 is 0 Å². The monoisotopic (exact) mass is 319 g/mol. The SMILES string of the molecule is N#Cc1cc(F)cc(C2CCc3nc(-c4ccccn4)oc3C2)c1. The molecule has 1 aliphatic carbocycles. The van der Waals surface area contributed by atoms with Crippen LogP contribution in [0.25, 0.3) is 11.6 Å². The summed E-state index contributed by atoms with van der Waals surface area (Å²) in [6.45, 7) is 0. The molecule has 0 aliphatic heterocycles. The second-order valence-corrected chi connectivity index (χ2v) is 5.93. The molecular formula is C19H14FN3O. The van der Waals surface area contributed by atoms with E-state index in [2.05, 4.69) is 9.97 Å². The topological polar surface area (TPSA) is 62.7 Å². The molecule has 118 valence electrons. The van der Waals surface area contributed by atoms with Crippen LogP contribution in [0.4, 0.5) is 4.39 Å². The Morgan fingerprint density at radius 1 is 1.25 bits per heavy atom. The van der Waals surface area contributed by atoms with E-state index in [9.17, 15) is 4.39 Å². The first-order valence-electron chi connectivity index (χ1n) is 7.83. The second kappa shape index (κ2) is 5.89. The maximum atomic E-state index is 13.7. The summed E-state index contributed by atoms with van der Waals surface area (Å²) in [5.74, 6) is 1.11. The molecule has 0 N–H and O–H groups in total. The smallest absolute Gasteiger partial charge is 0.245 e. The van der Waals surface area contributed by atoms with Crippen molar-refractivity contribution in [2.75, 3.05) is 0 Å². The molecule has 2 heterocycles. The molecule has 0 saturated carbocycles. The molecule has 1 aromatic carbocycles. The summed E-state index contributed by atoms with van der Waals surface area (Å²) < 4.78 is 19.6. The molecule has 1 aliphatic rings. The van der Waals surface area contributed by atoms with Crippen LogP contribution < -0.4 is 0 Å². The third-order valence-electron chi connectivity index (χ3n) is 4.34.